The number of nitrogen functional groups attached to an aromatic ring is 1. The minimum atomic E-state index is 0.299. The fourth-order valence-corrected chi connectivity index (χ4v) is 3.08. The van der Waals surface area contributed by atoms with Crippen LogP contribution < -0.4 is 16.0 Å². The third-order valence-electron chi connectivity index (χ3n) is 3.84. The summed E-state index contributed by atoms with van der Waals surface area (Å²) in [6, 6.07) is 0. The van der Waals surface area contributed by atoms with E-state index in [0.29, 0.717) is 22.6 Å². The van der Waals surface area contributed by atoms with Crippen LogP contribution in [0.2, 0.25) is 0 Å². The Bertz CT molecular complexity index is 456. The van der Waals surface area contributed by atoms with E-state index in [1.165, 1.54) is 25.7 Å². The predicted molar refractivity (Wildman–Crippen MR) is 79.7 cm³/mol. The third kappa shape index (κ3) is 2.86. The van der Waals surface area contributed by atoms with Gasteiger partial charge in [-0.25, -0.2) is 0 Å². The molecule has 3 rings (SSSR count). The van der Waals surface area contributed by atoms with Gasteiger partial charge in [0.05, 0.1) is 0 Å². The number of rotatable bonds is 5. The topological polar surface area (TPSA) is 80.0 Å². The van der Waals surface area contributed by atoms with Crippen molar-refractivity contribution in [2.75, 3.05) is 41.8 Å². The van der Waals surface area contributed by atoms with Crippen LogP contribution in [0.1, 0.15) is 25.7 Å². The molecule has 0 amide bonds. The highest BCUT2D eigenvalue weighted by Gasteiger charge is 2.41. The zero-order chi connectivity index (χ0) is 13.3. The van der Waals surface area contributed by atoms with Gasteiger partial charge in [-0.2, -0.15) is 26.7 Å². The fourth-order valence-electron chi connectivity index (χ4n) is 2.35. The Morgan fingerprint density at radius 2 is 2.00 bits per heavy atom. The van der Waals surface area contributed by atoms with Gasteiger partial charge >= 0.3 is 0 Å². The maximum absolute atomic E-state index is 5.78. The highest BCUT2D eigenvalue weighted by atomic mass is 32.2. The standard InChI is InChI=1S/C12H20N6S/c1-19-12(4-5-12)8-14-10-15-9(13)16-11(17-10)18-6-2-3-7-18/h2-8H2,1H3,(H3,13,14,15,16,17). The third-order valence-corrected chi connectivity index (χ3v) is 5.26. The van der Waals surface area contributed by atoms with Gasteiger partial charge in [-0.3, -0.25) is 0 Å². The zero-order valence-corrected chi connectivity index (χ0v) is 12.0. The number of aromatic nitrogens is 3. The van der Waals surface area contributed by atoms with Crippen LogP contribution in [0.25, 0.3) is 0 Å². The molecule has 0 bridgehead atoms. The molecule has 2 heterocycles. The van der Waals surface area contributed by atoms with Crippen LogP contribution in [0, 0.1) is 0 Å². The molecule has 19 heavy (non-hydrogen) atoms. The maximum atomic E-state index is 5.78. The minimum Gasteiger partial charge on any atom is -0.368 e. The first kappa shape index (κ1) is 12.8. The van der Waals surface area contributed by atoms with Crippen molar-refractivity contribution in [2.45, 2.75) is 30.4 Å². The summed E-state index contributed by atoms with van der Waals surface area (Å²) in [5.74, 6) is 1.62. The van der Waals surface area contributed by atoms with E-state index in [1.807, 2.05) is 11.8 Å². The molecule has 2 fully saturated rings. The highest BCUT2D eigenvalue weighted by molar-refractivity contribution is 8.00. The fraction of sp³-hybridized carbons (Fsp3) is 0.750. The number of nitrogens with one attached hydrogen (secondary N) is 1. The van der Waals surface area contributed by atoms with Gasteiger partial charge in [-0.05, 0) is 31.9 Å². The van der Waals surface area contributed by atoms with Gasteiger partial charge in [0.1, 0.15) is 0 Å². The van der Waals surface area contributed by atoms with Crippen molar-refractivity contribution >= 4 is 29.6 Å². The first-order valence-corrected chi connectivity index (χ1v) is 7.99. The molecular formula is C12H20N6S. The number of nitrogens with zero attached hydrogens (tertiary/aromatic N) is 4. The Morgan fingerprint density at radius 3 is 2.63 bits per heavy atom. The van der Waals surface area contributed by atoms with E-state index in [9.17, 15) is 0 Å². The number of anilines is 3. The van der Waals surface area contributed by atoms with E-state index in [-0.39, 0.29) is 0 Å². The first-order chi connectivity index (χ1) is 9.21. The molecular weight excluding hydrogens is 260 g/mol. The Labute approximate surface area is 117 Å². The van der Waals surface area contributed by atoms with Gasteiger partial charge in [-0.1, -0.05) is 0 Å². The number of nitrogens with two attached hydrogens (primary N) is 1. The molecule has 1 aliphatic heterocycles. The van der Waals surface area contributed by atoms with Gasteiger partial charge in [0, 0.05) is 24.4 Å². The molecule has 0 atom stereocenters. The lowest BCUT2D eigenvalue weighted by molar-refractivity contribution is 0.870. The van der Waals surface area contributed by atoms with Crippen LogP contribution in [0.4, 0.5) is 17.8 Å². The molecule has 6 nitrogen and oxygen atoms in total. The van der Waals surface area contributed by atoms with Gasteiger partial charge in [-0.15, -0.1) is 0 Å². The summed E-state index contributed by atoms with van der Waals surface area (Å²) in [5, 5.41) is 3.31. The van der Waals surface area contributed by atoms with Crippen molar-refractivity contribution in [3.63, 3.8) is 0 Å². The normalized spacial score (nSPS) is 20.6. The van der Waals surface area contributed by atoms with Gasteiger partial charge in [0.2, 0.25) is 17.8 Å². The zero-order valence-electron chi connectivity index (χ0n) is 11.2. The second-order valence-electron chi connectivity index (χ2n) is 5.25. The highest BCUT2D eigenvalue weighted by Crippen LogP contribution is 2.46. The SMILES string of the molecule is CSC1(CNc2nc(N)nc(N3CCCC3)n2)CC1. The van der Waals surface area contributed by atoms with Gasteiger partial charge in [0.15, 0.2) is 0 Å². The average molecular weight is 280 g/mol. The van der Waals surface area contributed by atoms with Crippen molar-refractivity contribution in [3.05, 3.63) is 0 Å². The molecule has 0 aromatic carbocycles. The van der Waals surface area contributed by atoms with Crippen molar-refractivity contribution < 1.29 is 0 Å². The van der Waals surface area contributed by atoms with E-state index in [2.05, 4.69) is 31.4 Å². The molecule has 1 aromatic rings. The number of hydrogen-bond donors (Lipinski definition) is 2. The van der Waals surface area contributed by atoms with E-state index >= 15 is 0 Å². The predicted octanol–water partition coefficient (Wildman–Crippen LogP) is 1.36. The summed E-state index contributed by atoms with van der Waals surface area (Å²) in [6.07, 6.45) is 7.08. The van der Waals surface area contributed by atoms with Crippen molar-refractivity contribution in [2.24, 2.45) is 0 Å². The van der Waals surface area contributed by atoms with Gasteiger partial charge in [0.25, 0.3) is 0 Å². The summed E-state index contributed by atoms with van der Waals surface area (Å²) in [4.78, 5) is 15.1. The second-order valence-corrected chi connectivity index (χ2v) is 6.53. The quantitative estimate of drug-likeness (QED) is 0.843. The molecule has 0 radical (unpaired) electrons. The van der Waals surface area contributed by atoms with Crippen molar-refractivity contribution in [1.82, 2.24) is 15.0 Å². The van der Waals surface area contributed by atoms with Crippen LogP contribution in [0.15, 0.2) is 0 Å². The molecule has 1 aromatic heterocycles. The molecule has 7 heteroatoms. The van der Waals surface area contributed by atoms with Crippen molar-refractivity contribution in [3.8, 4) is 0 Å². The monoisotopic (exact) mass is 280 g/mol. The molecule has 0 unspecified atom stereocenters. The molecule has 2 aliphatic rings. The Balaban J connectivity index is 1.70. The van der Waals surface area contributed by atoms with Crippen LogP contribution >= 0.6 is 11.8 Å². The van der Waals surface area contributed by atoms with E-state index < -0.39 is 0 Å². The Kier molecular flexibility index (Phi) is 3.38. The summed E-state index contributed by atoms with van der Waals surface area (Å²) in [7, 11) is 0. The van der Waals surface area contributed by atoms with Gasteiger partial charge < -0.3 is 16.0 Å². The molecule has 1 aliphatic carbocycles. The summed E-state index contributed by atoms with van der Waals surface area (Å²) in [6.45, 7) is 2.92. The summed E-state index contributed by atoms with van der Waals surface area (Å²) < 4.78 is 0.384. The lowest BCUT2D eigenvalue weighted by Gasteiger charge is -2.17. The Hall–Kier alpha value is -1.24. The van der Waals surface area contributed by atoms with Crippen LogP contribution in [-0.2, 0) is 0 Å². The lowest BCUT2D eigenvalue weighted by Crippen LogP contribution is -2.24. The number of thioether (sulfide) groups is 1. The average Bonchev–Trinajstić information content (AvgIpc) is 2.98. The smallest absolute Gasteiger partial charge is 0.231 e. The molecule has 1 saturated carbocycles. The van der Waals surface area contributed by atoms with E-state index in [1.54, 1.807) is 0 Å². The van der Waals surface area contributed by atoms with E-state index in [0.717, 1.165) is 19.6 Å². The molecule has 3 N–H and O–H groups in total. The lowest BCUT2D eigenvalue weighted by atomic mass is 10.4. The molecule has 1 saturated heterocycles. The van der Waals surface area contributed by atoms with Crippen LogP contribution in [-0.4, -0.2) is 45.6 Å². The molecule has 0 spiro atoms. The summed E-state index contributed by atoms with van der Waals surface area (Å²) >= 11 is 1.92. The largest absolute Gasteiger partial charge is 0.368 e. The number of hydrogen-bond acceptors (Lipinski definition) is 7. The van der Waals surface area contributed by atoms with Crippen LogP contribution in [0.5, 0.6) is 0 Å². The first-order valence-electron chi connectivity index (χ1n) is 6.76. The van der Waals surface area contributed by atoms with Crippen molar-refractivity contribution in [1.29, 1.82) is 0 Å². The summed E-state index contributed by atoms with van der Waals surface area (Å²) in [5.41, 5.74) is 5.78. The Morgan fingerprint density at radius 1 is 1.26 bits per heavy atom. The molecule has 104 valence electrons. The minimum absolute atomic E-state index is 0.299. The second kappa shape index (κ2) is 5.03. The maximum Gasteiger partial charge on any atom is 0.231 e. The van der Waals surface area contributed by atoms with Crippen LogP contribution in [0.3, 0.4) is 0 Å². The van der Waals surface area contributed by atoms with E-state index in [4.69, 9.17) is 5.73 Å².